The first-order valence-corrected chi connectivity index (χ1v) is 13.7. The number of hydrogen-bond acceptors (Lipinski definition) is 6. The van der Waals surface area contributed by atoms with Crippen molar-refractivity contribution in [3.8, 4) is 17.2 Å². The smallest absolute Gasteiger partial charge is 0.329 e. The predicted molar refractivity (Wildman–Crippen MR) is 152 cm³/mol. The third kappa shape index (κ3) is 7.35. The van der Waals surface area contributed by atoms with Gasteiger partial charge in [-0.2, -0.15) is 5.26 Å². The van der Waals surface area contributed by atoms with Gasteiger partial charge in [-0.3, -0.25) is 4.79 Å². The van der Waals surface area contributed by atoms with E-state index in [1.165, 1.54) is 0 Å². The van der Waals surface area contributed by atoms with Crippen LogP contribution in [-0.4, -0.2) is 41.8 Å². The molecule has 7 nitrogen and oxygen atoms in total. The Labute approximate surface area is 236 Å². The van der Waals surface area contributed by atoms with Crippen LogP contribution >= 0.6 is 0 Å². The molecule has 4 rings (SSSR count). The summed E-state index contributed by atoms with van der Waals surface area (Å²) in [5, 5.41) is 9.49. The lowest BCUT2D eigenvalue weighted by atomic mass is 9.98. The summed E-state index contributed by atoms with van der Waals surface area (Å²) >= 11 is 0. The zero-order valence-corrected chi connectivity index (χ0v) is 23.3. The van der Waals surface area contributed by atoms with Crippen LogP contribution in [0.1, 0.15) is 50.3 Å². The van der Waals surface area contributed by atoms with E-state index in [0.717, 1.165) is 22.3 Å². The van der Waals surface area contributed by atoms with Crippen molar-refractivity contribution in [2.75, 3.05) is 13.2 Å². The summed E-state index contributed by atoms with van der Waals surface area (Å²) in [6.45, 7) is 7.04. The number of benzene rings is 3. The van der Waals surface area contributed by atoms with Crippen molar-refractivity contribution >= 4 is 11.9 Å². The summed E-state index contributed by atoms with van der Waals surface area (Å²) in [7, 11) is 0. The molecule has 0 bridgehead atoms. The Morgan fingerprint density at radius 2 is 1.60 bits per heavy atom. The summed E-state index contributed by atoms with van der Waals surface area (Å²) < 4.78 is 17.1. The normalized spacial score (nSPS) is 14.9. The van der Waals surface area contributed by atoms with Crippen molar-refractivity contribution in [1.82, 2.24) is 4.90 Å². The third-order valence-corrected chi connectivity index (χ3v) is 7.11. The van der Waals surface area contributed by atoms with Gasteiger partial charge < -0.3 is 19.1 Å². The van der Waals surface area contributed by atoms with E-state index < -0.39 is 17.8 Å². The maximum Gasteiger partial charge on any atom is 0.329 e. The Balaban J connectivity index is 1.56. The Bertz CT molecular complexity index is 1320. The van der Waals surface area contributed by atoms with Gasteiger partial charge in [0.05, 0.1) is 24.8 Å². The Hall–Kier alpha value is -3.99. The molecule has 1 atom stereocenters. The average molecular weight is 541 g/mol. The molecule has 0 saturated carbocycles. The standard InChI is InChI=1S/C33H36N2O5/c1-24(2)31(32(37)38-23-26-9-5-4-6-10-26)35(30(36)17-18-33(3)39-19-20-40-33)22-25-13-15-27(16-14-25)29-12-8-7-11-28(29)21-34/h4-16,24,31H,17-20,22-23H2,1-3H3. The molecule has 1 fully saturated rings. The molecule has 7 heteroatoms. The molecule has 0 aliphatic carbocycles. The number of carbonyl (C=O) groups excluding carboxylic acids is 2. The van der Waals surface area contributed by atoms with Crippen LogP contribution in [0.15, 0.2) is 78.9 Å². The molecule has 1 saturated heterocycles. The first kappa shape index (κ1) is 29.0. The second kappa shape index (κ2) is 13.4. The molecule has 1 aliphatic rings. The molecule has 0 N–H and O–H groups in total. The van der Waals surface area contributed by atoms with Crippen LogP contribution in [0, 0.1) is 17.2 Å². The molecule has 40 heavy (non-hydrogen) atoms. The third-order valence-electron chi connectivity index (χ3n) is 7.11. The van der Waals surface area contributed by atoms with Gasteiger partial charge in [0.1, 0.15) is 12.6 Å². The van der Waals surface area contributed by atoms with E-state index in [1.807, 2.05) is 93.6 Å². The average Bonchev–Trinajstić information content (AvgIpc) is 3.41. The number of esters is 1. The van der Waals surface area contributed by atoms with Crippen molar-refractivity contribution in [3.63, 3.8) is 0 Å². The van der Waals surface area contributed by atoms with Gasteiger partial charge in [-0.25, -0.2) is 4.79 Å². The Morgan fingerprint density at radius 1 is 0.950 bits per heavy atom. The highest BCUT2D eigenvalue weighted by Crippen LogP contribution is 2.28. The fraction of sp³-hybridized carbons (Fsp3) is 0.364. The van der Waals surface area contributed by atoms with Crippen LogP contribution in [0.4, 0.5) is 0 Å². The van der Waals surface area contributed by atoms with Crippen LogP contribution in [-0.2, 0) is 37.0 Å². The zero-order chi connectivity index (χ0) is 28.5. The SMILES string of the molecule is CC(C)C(C(=O)OCc1ccccc1)N(Cc1ccc(-c2ccccc2C#N)cc1)C(=O)CCC1(C)OCCO1. The van der Waals surface area contributed by atoms with Crippen molar-refractivity contribution in [3.05, 3.63) is 95.6 Å². The summed E-state index contributed by atoms with van der Waals surface area (Å²) in [6.07, 6.45) is 0.551. The number of nitriles is 1. The molecule has 3 aromatic rings. The van der Waals surface area contributed by atoms with Crippen LogP contribution < -0.4 is 0 Å². The van der Waals surface area contributed by atoms with Crippen LogP contribution in [0.3, 0.4) is 0 Å². The topological polar surface area (TPSA) is 88.9 Å². The first-order valence-electron chi connectivity index (χ1n) is 13.7. The quantitative estimate of drug-likeness (QED) is 0.283. The summed E-state index contributed by atoms with van der Waals surface area (Å²) in [6, 6.07) is 26.1. The minimum Gasteiger partial charge on any atom is -0.459 e. The number of hydrogen-bond donors (Lipinski definition) is 0. The molecule has 0 radical (unpaired) electrons. The summed E-state index contributed by atoms with van der Waals surface area (Å²) in [5.74, 6) is -1.59. The number of amides is 1. The predicted octanol–water partition coefficient (Wildman–Crippen LogP) is 5.87. The highest BCUT2D eigenvalue weighted by Gasteiger charge is 2.36. The monoisotopic (exact) mass is 540 g/mol. The molecular formula is C33H36N2O5. The Kier molecular flexibility index (Phi) is 9.70. The second-order valence-corrected chi connectivity index (χ2v) is 10.5. The highest BCUT2D eigenvalue weighted by molar-refractivity contribution is 5.85. The van der Waals surface area contributed by atoms with E-state index >= 15 is 0 Å². The molecule has 0 aromatic heterocycles. The van der Waals surface area contributed by atoms with Crippen molar-refractivity contribution in [1.29, 1.82) is 5.26 Å². The van der Waals surface area contributed by atoms with E-state index in [-0.39, 0.29) is 31.4 Å². The van der Waals surface area contributed by atoms with Gasteiger partial charge in [0.2, 0.25) is 5.91 Å². The lowest BCUT2D eigenvalue weighted by Gasteiger charge is -2.34. The minimum atomic E-state index is -0.807. The molecule has 208 valence electrons. The molecule has 1 unspecified atom stereocenters. The molecule has 1 heterocycles. The van der Waals surface area contributed by atoms with Gasteiger partial charge in [0.25, 0.3) is 0 Å². The molecule has 3 aromatic carbocycles. The fourth-order valence-electron chi connectivity index (χ4n) is 4.91. The summed E-state index contributed by atoms with van der Waals surface area (Å²) in [5.41, 5.74) is 4.10. The van der Waals surface area contributed by atoms with E-state index in [0.29, 0.717) is 25.2 Å². The largest absolute Gasteiger partial charge is 0.459 e. The van der Waals surface area contributed by atoms with Crippen molar-refractivity contribution in [2.45, 2.75) is 58.6 Å². The van der Waals surface area contributed by atoms with Crippen LogP contribution in [0.5, 0.6) is 0 Å². The van der Waals surface area contributed by atoms with E-state index in [4.69, 9.17) is 14.2 Å². The molecule has 0 spiro atoms. The first-order chi connectivity index (χ1) is 19.3. The number of carbonyl (C=O) groups is 2. The lowest BCUT2D eigenvalue weighted by molar-refractivity contribution is -0.163. The maximum absolute atomic E-state index is 13.7. The fourth-order valence-corrected chi connectivity index (χ4v) is 4.91. The van der Waals surface area contributed by atoms with Gasteiger partial charge in [0, 0.05) is 19.4 Å². The van der Waals surface area contributed by atoms with E-state index in [9.17, 15) is 14.9 Å². The van der Waals surface area contributed by atoms with E-state index in [1.54, 1.807) is 11.0 Å². The zero-order valence-electron chi connectivity index (χ0n) is 23.3. The number of nitrogens with zero attached hydrogens (tertiary/aromatic N) is 2. The van der Waals surface area contributed by atoms with Gasteiger partial charge >= 0.3 is 5.97 Å². The van der Waals surface area contributed by atoms with Crippen molar-refractivity contribution in [2.24, 2.45) is 5.92 Å². The molecule has 1 amide bonds. The van der Waals surface area contributed by atoms with Gasteiger partial charge in [-0.1, -0.05) is 86.6 Å². The molecular weight excluding hydrogens is 504 g/mol. The van der Waals surface area contributed by atoms with Crippen molar-refractivity contribution < 1.29 is 23.8 Å². The van der Waals surface area contributed by atoms with Crippen LogP contribution in [0.25, 0.3) is 11.1 Å². The maximum atomic E-state index is 13.7. The minimum absolute atomic E-state index is 0.137. The lowest BCUT2D eigenvalue weighted by Crippen LogP contribution is -2.48. The van der Waals surface area contributed by atoms with Crippen LogP contribution in [0.2, 0.25) is 0 Å². The van der Waals surface area contributed by atoms with E-state index in [2.05, 4.69) is 6.07 Å². The molecule has 1 aliphatic heterocycles. The second-order valence-electron chi connectivity index (χ2n) is 10.5. The number of rotatable bonds is 11. The van der Waals surface area contributed by atoms with Gasteiger partial charge in [-0.15, -0.1) is 0 Å². The van der Waals surface area contributed by atoms with Gasteiger partial charge in [0.15, 0.2) is 5.79 Å². The highest BCUT2D eigenvalue weighted by atomic mass is 16.7. The Morgan fingerprint density at radius 3 is 2.25 bits per heavy atom. The number of ether oxygens (including phenoxy) is 3. The van der Waals surface area contributed by atoms with Gasteiger partial charge in [-0.05, 0) is 41.2 Å². The summed E-state index contributed by atoms with van der Waals surface area (Å²) in [4.78, 5) is 28.8.